The quantitative estimate of drug-likeness (QED) is 0.838. The van der Waals surface area contributed by atoms with Gasteiger partial charge in [-0.05, 0) is 30.3 Å². The van der Waals surface area contributed by atoms with Gasteiger partial charge in [-0.15, -0.1) is 6.42 Å². The van der Waals surface area contributed by atoms with E-state index in [9.17, 15) is 9.59 Å². The van der Waals surface area contributed by atoms with Crippen LogP contribution in [-0.2, 0) is 0 Å². The third kappa shape index (κ3) is 2.85. The summed E-state index contributed by atoms with van der Waals surface area (Å²) in [6.45, 7) is 0. The van der Waals surface area contributed by atoms with Gasteiger partial charge in [0.15, 0.2) is 0 Å². The number of rotatable bonds is 3. The molecule has 0 unspecified atom stereocenters. The van der Waals surface area contributed by atoms with E-state index >= 15 is 0 Å². The molecule has 0 heterocycles. The molecule has 0 saturated heterocycles. The fraction of sp³-hybridized carbons (Fsp3) is 0. The molecule has 1 amide bonds. The summed E-state index contributed by atoms with van der Waals surface area (Å²) < 4.78 is 0. The van der Waals surface area contributed by atoms with Gasteiger partial charge < -0.3 is 10.4 Å². The Kier molecular flexibility index (Phi) is 3.82. The Bertz CT molecular complexity index is 714. The molecular weight excluding hydrogens is 254 g/mol. The second kappa shape index (κ2) is 5.72. The molecule has 0 aromatic heterocycles. The minimum Gasteiger partial charge on any atom is -0.478 e. The Hall–Kier alpha value is -3.06. The van der Waals surface area contributed by atoms with Crippen molar-refractivity contribution in [2.24, 2.45) is 0 Å². The van der Waals surface area contributed by atoms with Crippen LogP contribution in [0.2, 0.25) is 0 Å². The van der Waals surface area contributed by atoms with Crippen molar-refractivity contribution >= 4 is 17.6 Å². The van der Waals surface area contributed by atoms with Gasteiger partial charge in [0.2, 0.25) is 0 Å². The van der Waals surface area contributed by atoms with E-state index < -0.39 is 11.9 Å². The van der Waals surface area contributed by atoms with Crippen LogP contribution >= 0.6 is 0 Å². The molecule has 2 aromatic carbocycles. The zero-order chi connectivity index (χ0) is 14.5. The van der Waals surface area contributed by atoms with Gasteiger partial charge in [0.25, 0.3) is 5.91 Å². The highest BCUT2D eigenvalue weighted by atomic mass is 16.4. The van der Waals surface area contributed by atoms with Crippen molar-refractivity contribution in [2.75, 3.05) is 5.32 Å². The Balaban J connectivity index is 2.29. The van der Waals surface area contributed by atoms with Crippen LogP contribution in [0.3, 0.4) is 0 Å². The second-order valence-electron chi connectivity index (χ2n) is 4.03. The van der Waals surface area contributed by atoms with Crippen LogP contribution in [-0.4, -0.2) is 17.0 Å². The van der Waals surface area contributed by atoms with E-state index in [1.54, 1.807) is 36.4 Å². The summed E-state index contributed by atoms with van der Waals surface area (Å²) in [5, 5.41) is 11.7. The molecule has 2 N–H and O–H groups in total. The summed E-state index contributed by atoms with van der Waals surface area (Å²) in [4.78, 5) is 23.2. The maximum Gasteiger partial charge on any atom is 0.336 e. The zero-order valence-corrected chi connectivity index (χ0v) is 10.5. The Morgan fingerprint density at radius 2 is 1.75 bits per heavy atom. The third-order valence-electron chi connectivity index (χ3n) is 2.69. The van der Waals surface area contributed by atoms with Crippen LogP contribution in [0.25, 0.3) is 0 Å². The van der Waals surface area contributed by atoms with Crippen molar-refractivity contribution in [3.8, 4) is 12.3 Å². The van der Waals surface area contributed by atoms with Gasteiger partial charge in [-0.2, -0.15) is 0 Å². The molecule has 0 saturated carbocycles. The second-order valence-corrected chi connectivity index (χ2v) is 4.03. The number of hydrogen-bond acceptors (Lipinski definition) is 2. The van der Waals surface area contributed by atoms with E-state index in [1.807, 2.05) is 0 Å². The summed E-state index contributed by atoms with van der Waals surface area (Å²) in [5.41, 5.74) is 1.21. The average molecular weight is 265 g/mol. The van der Waals surface area contributed by atoms with Crippen molar-refractivity contribution in [2.45, 2.75) is 0 Å². The molecule has 0 aliphatic heterocycles. The normalized spacial score (nSPS) is 9.55. The van der Waals surface area contributed by atoms with E-state index in [1.165, 1.54) is 12.1 Å². The molecule has 0 spiro atoms. The summed E-state index contributed by atoms with van der Waals surface area (Å²) in [6.07, 6.45) is 5.28. The van der Waals surface area contributed by atoms with Gasteiger partial charge in [-0.3, -0.25) is 4.79 Å². The summed E-state index contributed by atoms with van der Waals surface area (Å²) in [6, 6.07) is 12.8. The monoisotopic (exact) mass is 265 g/mol. The summed E-state index contributed by atoms with van der Waals surface area (Å²) in [5.74, 6) is 0.831. The van der Waals surface area contributed by atoms with E-state index in [2.05, 4.69) is 11.2 Å². The Labute approximate surface area is 116 Å². The van der Waals surface area contributed by atoms with Crippen LogP contribution < -0.4 is 5.32 Å². The number of nitrogens with one attached hydrogen (secondary N) is 1. The standard InChI is InChI=1S/C16H11NO3/c1-2-11-6-5-7-12(10-11)17-15(18)13-8-3-4-9-14(13)16(19)20/h1,3-10H,(H,17,18)(H,19,20). The highest BCUT2D eigenvalue weighted by molar-refractivity contribution is 6.10. The molecule has 0 radical (unpaired) electrons. The predicted octanol–water partition coefficient (Wildman–Crippen LogP) is 2.62. The number of anilines is 1. The zero-order valence-electron chi connectivity index (χ0n) is 10.5. The van der Waals surface area contributed by atoms with E-state index in [0.29, 0.717) is 11.3 Å². The number of terminal acetylenes is 1. The molecule has 20 heavy (non-hydrogen) atoms. The number of carbonyl (C=O) groups is 2. The number of aromatic carboxylic acids is 1. The predicted molar refractivity (Wildman–Crippen MR) is 75.7 cm³/mol. The number of carboxylic acids is 1. The van der Waals surface area contributed by atoms with E-state index in [-0.39, 0.29) is 11.1 Å². The van der Waals surface area contributed by atoms with Gasteiger partial charge >= 0.3 is 5.97 Å². The molecule has 98 valence electrons. The lowest BCUT2D eigenvalue weighted by molar-refractivity contribution is 0.0692. The molecule has 2 aromatic rings. The lowest BCUT2D eigenvalue weighted by atomic mass is 10.1. The molecular formula is C16H11NO3. The fourth-order valence-electron chi connectivity index (χ4n) is 1.75. The number of hydrogen-bond donors (Lipinski definition) is 2. The minimum absolute atomic E-state index is 0.0434. The summed E-state index contributed by atoms with van der Waals surface area (Å²) >= 11 is 0. The largest absolute Gasteiger partial charge is 0.478 e. The first-order chi connectivity index (χ1) is 9.61. The number of amides is 1. The Morgan fingerprint density at radius 3 is 2.40 bits per heavy atom. The first-order valence-electron chi connectivity index (χ1n) is 5.82. The molecule has 0 atom stereocenters. The topological polar surface area (TPSA) is 66.4 Å². The highest BCUT2D eigenvalue weighted by Gasteiger charge is 2.15. The van der Waals surface area contributed by atoms with Gasteiger partial charge in [-0.1, -0.05) is 24.1 Å². The van der Waals surface area contributed by atoms with E-state index in [4.69, 9.17) is 11.5 Å². The van der Waals surface area contributed by atoms with Gasteiger partial charge in [0.1, 0.15) is 0 Å². The first kappa shape index (κ1) is 13.4. The molecule has 2 rings (SSSR count). The molecule has 0 aliphatic rings. The number of benzene rings is 2. The van der Waals surface area contributed by atoms with Crippen molar-refractivity contribution in [3.05, 3.63) is 65.2 Å². The maximum absolute atomic E-state index is 12.1. The van der Waals surface area contributed by atoms with Crippen LogP contribution in [0.5, 0.6) is 0 Å². The van der Waals surface area contributed by atoms with E-state index in [0.717, 1.165) is 0 Å². The molecule has 4 nitrogen and oxygen atoms in total. The number of carboxylic acid groups (broad SMARTS) is 1. The SMILES string of the molecule is C#Cc1cccc(NC(=O)c2ccccc2C(=O)O)c1. The summed E-state index contributed by atoms with van der Waals surface area (Å²) in [7, 11) is 0. The fourth-order valence-corrected chi connectivity index (χ4v) is 1.75. The maximum atomic E-state index is 12.1. The molecule has 4 heteroatoms. The average Bonchev–Trinajstić information content (AvgIpc) is 2.47. The lowest BCUT2D eigenvalue weighted by Crippen LogP contribution is -2.16. The third-order valence-corrected chi connectivity index (χ3v) is 2.69. The highest BCUT2D eigenvalue weighted by Crippen LogP contribution is 2.14. The lowest BCUT2D eigenvalue weighted by Gasteiger charge is -2.08. The van der Waals surface area contributed by atoms with Gasteiger partial charge in [0, 0.05) is 11.3 Å². The smallest absolute Gasteiger partial charge is 0.336 e. The van der Waals surface area contributed by atoms with Crippen LogP contribution in [0.15, 0.2) is 48.5 Å². The van der Waals surface area contributed by atoms with Crippen LogP contribution in [0.1, 0.15) is 26.3 Å². The molecule has 0 fully saturated rings. The van der Waals surface area contributed by atoms with Crippen molar-refractivity contribution in [1.29, 1.82) is 0 Å². The first-order valence-corrected chi connectivity index (χ1v) is 5.82. The van der Waals surface area contributed by atoms with Crippen LogP contribution in [0.4, 0.5) is 5.69 Å². The Morgan fingerprint density at radius 1 is 1.05 bits per heavy atom. The molecule has 0 bridgehead atoms. The van der Waals surface area contributed by atoms with Crippen molar-refractivity contribution in [3.63, 3.8) is 0 Å². The van der Waals surface area contributed by atoms with Crippen molar-refractivity contribution < 1.29 is 14.7 Å². The van der Waals surface area contributed by atoms with Crippen LogP contribution in [0, 0.1) is 12.3 Å². The molecule has 0 aliphatic carbocycles. The van der Waals surface area contributed by atoms with Crippen molar-refractivity contribution in [1.82, 2.24) is 0 Å². The van der Waals surface area contributed by atoms with Gasteiger partial charge in [-0.25, -0.2) is 4.79 Å². The van der Waals surface area contributed by atoms with Gasteiger partial charge in [0.05, 0.1) is 11.1 Å². The minimum atomic E-state index is -1.15. The number of carbonyl (C=O) groups excluding carboxylic acids is 1.